The van der Waals surface area contributed by atoms with Crippen molar-refractivity contribution >= 4 is 29.4 Å². The third-order valence-electron chi connectivity index (χ3n) is 2.90. The highest BCUT2D eigenvalue weighted by molar-refractivity contribution is 6.30. The number of carbonyl (C=O) groups is 1. The van der Waals surface area contributed by atoms with Crippen molar-refractivity contribution in [3.8, 4) is 0 Å². The molecule has 0 bridgehead atoms. The lowest BCUT2D eigenvalue weighted by Crippen LogP contribution is -2.34. The van der Waals surface area contributed by atoms with Crippen LogP contribution in [0.25, 0.3) is 0 Å². The number of hydrogen-bond acceptors (Lipinski definition) is 3. The van der Waals surface area contributed by atoms with Crippen LogP contribution < -0.4 is 10.7 Å². The Morgan fingerprint density at radius 3 is 2.59 bits per heavy atom. The molecule has 6 heteroatoms. The quantitative estimate of drug-likeness (QED) is 0.655. The molecule has 2 rings (SSSR count). The van der Waals surface area contributed by atoms with Crippen LogP contribution in [-0.2, 0) is 4.79 Å². The molecule has 0 aliphatic rings. The Morgan fingerprint density at radius 1 is 1.23 bits per heavy atom. The van der Waals surface area contributed by atoms with Crippen molar-refractivity contribution in [1.82, 2.24) is 5.43 Å². The van der Waals surface area contributed by atoms with Crippen molar-refractivity contribution in [2.45, 2.75) is 13.0 Å². The summed E-state index contributed by atoms with van der Waals surface area (Å²) in [5.41, 5.74) is 3.44. The Kier molecular flexibility index (Phi) is 5.49. The fourth-order valence-corrected chi connectivity index (χ4v) is 1.83. The average molecular weight is 320 g/mol. The first-order chi connectivity index (χ1) is 10.6. The minimum absolute atomic E-state index is 0.307. The molecule has 0 aromatic heterocycles. The van der Waals surface area contributed by atoms with E-state index in [0.29, 0.717) is 10.6 Å². The molecule has 4 nitrogen and oxygen atoms in total. The summed E-state index contributed by atoms with van der Waals surface area (Å²) in [5, 5.41) is 7.39. The molecule has 0 saturated heterocycles. The molecule has 114 valence electrons. The van der Waals surface area contributed by atoms with E-state index in [1.807, 2.05) is 0 Å². The van der Waals surface area contributed by atoms with E-state index in [1.54, 1.807) is 49.4 Å². The van der Waals surface area contributed by atoms with Gasteiger partial charge in [-0.2, -0.15) is 5.10 Å². The maximum atomic E-state index is 13.4. The molecule has 1 amide bonds. The van der Waals surface area contributed by atoms with Crippen molar-refractivity contribution in [1.29, 1.82) is 0 Å². The van der Waals surface area contributed by atoms with Crippen LogP contribution in [0.4, 0.5) is 10.1 Å². The molecule has 0 fully saturated rings. The standard InChI is InChI=1S/C16H15ClFN3O/c1-11(20-14-8-6-13(17)7-9-14)16(22)21-19-10-12-4-2-3-5-15(12)18/h2-11,20H,1H3,(H,21,22)/b19-10+. The molecule has 22 heavy (non-hydrogen) atoms. The van der Waals surface area contributed by atoms with Crippen LogP contribution in [0.2, 0.25) is 5.02 Å². The zero-order valence-electron chi connectivity index (χ0n) is 11.9. The van der Waals surface area contributed by atoms with Crippen molar-refractivity contribution < 1.29 is 9.18 Å². The van der Waals surface area contributed by atoms with Crippen molar-refractivity contribution in [3.63, 3.8) is 0 Å². The molecule has 0 spiro atoms. The molecule has 0 aliphatic carbocycles. The number of nitrogens with zero attached hydrogens (tertiary/aromatic N) is 1. The van der Waals surface area contributed by atoms with Crippen LogP contribution >= 0.6 is 11.6 Å². The molecule has 1 unspecified atom stereocenters. The van der Waals surface area contributed by atoms with Crippen LogP contribution in [0.5, 0.6) is 0 Å². The van der Waals surface area contributed by atoms with Gasteiger partial charge in [0.1, 0.15) is 11.9 Å². The fraction of sp³-hybridized carbons (Fsp3) is 0.125. The number of halogens is 2. The summed E-state index contributed by atoms with van der Waals surface area (Å²) in [6.45, 7) is 1.70. The molecule has 1 atom stereocenters. The lowest BCUT2D eigenvalue weighted by atomic mass is 10.2. The third-order valence-corrected chi connectivity index (χ3v) is 3.16. The summed E-state index contributed by atoms with van der Waals surface area (Å²) < 4.78 is 13.4. The highest BCUT2D eigenvalue weighted by Crippen LogP contribution is 2.14. The smallest absolute Gasteiger partial charge is 0.262 e. The van der Waals surface area contributed by atoms with E-state index in [1.165, 1.54) is 12.3 Å². The summed E-state index contributed by atoms with van der Waals surface area (Å²) in [6.07, 6.45) is 1.27. The van der Waals surface area contributed by atoms with Crippen molar-refractivity contribution in [3.05, 3.63) is 64.9 Å². The van der Waals surface area contributed by atoms with Crippen LogP contribution in [-0.4, -0.2) is 18.2 Å². The number of carbonyl (C=O) groups excluding carboxylic acids is 1. The number of nitrogens with one attached hydrogen (secondary N) is 2. The first-order valence-electron chi connectivity index (χ1n) is 6.66. The predicted octanol–water partition coefficient (Wildman–Crippen LogP) is 3.43. The highest BCUT2D eigenvalue weighted by atomic mass is 35.5. The highest BCUT2D eigenvalue weighted by Gasteiger charge is 2.11. The summed E-state index contributed by atoms with van der Waals surface area (Å²) >= 11 is 5.79. The Hall–Kier alpha value is -2.40. The molecule has 2 aromatic carbocycles. The van der Waals surface area contributed by atoms with E-state index < -0.39 is 11.9 Å². The summed E-state index contributed by atoms with van der Waals surface area (Å²) in [5.74, 6) is -0.727. The van der Waals surface area contributed by atoms with Gasteiger partial charge in [-0.05, 0) is 37.3 Å². The number of benzene rings is 2. The summed E-state index contributed by atoms with van der Waals surface area (Å²) in [6, 6.07) is 12.7. The lowest BCUT2D eigenvalue weighted by Gasteiger charge is -2.13. The van der Waals surface area contributed by atoms with Gasteiger partial charge in [0.25, 0.3) is 5.91 Å². The van der Waals surface area contributed by atoms with E-state index >= 15 is 0 Å². The van der Waals surface area contributed by atoms with Gasteiger partial charge in [0.15, 0.2) is 0 Å². The van der Waals surface area contributed by atoms with E-state index in [-0.39, 0.29) is 5.91 Å². The maximum Gasteiger partial charge on any atom is 0.262 e. The van der Waals surface area contributed by atoms with E-state index in [0.717, 1.165) is 5.69 Å². The van der Waals surface area contributed by atoms with Gasteiger partial charge in [-0.3, -0.25) is 4.79 Å². The van der Waals surface area contributed by atoms with Crippen molar-refractivity contribution in [2.24, 2.45) is 5.10 Å². The second-order valence-electron chi connectivity index (χ2n) is 4.63. The zero-order valence-corrected chi connectivity index (χ0v) is 12.6. The first kappa shape index (κ1) is 16.0. The minimum atomic E-state index is -0.501. The third kappa shape index (κ3) is 4.56. The SMILES string of the molecule is CC(Nc1ccc(Cl)cc1)C(=O)N/N=C/c1ccccc1F. The zero-order chi connectivity index (χ0) is 15.9. The number of amides is 1. The van der Waals surface area contributed by atoms with Gasteiger partial charge in [-0.15, -0.1) is 0 Å². The van der Waals surface area contributed by atoms with Gasteiger partial charge in [0.2, 0.25) is 0 Å². The van der Waals surface area contributed by atoms with Gasteiger partial charge < -0.3 is 5.32 Å². The number of hydrogen-bond donors (Lipinski definition) is 2. The largest absolute Gasteiger partial charge is 0.374 e. The predicted molar refractivity (Wildman–Crippen MR) is 86.7 cm³/mol. The van der Waals surface area contributed by atoms with E-state index in [2.05, 4.69) is 15.8 Å². The van der Waals surface area contributed by atoms with E-state index in [4.69, 9.17) is 11.6 Å². The minimum Gasteiger partial charge on any atom is -0.374 e. The lowest BCUT2D eigenvalue weighted by molar-refractivity contribution is -0.121. The molecular weight excluding hydrogens is 305 g/mol. The molecule has 0 aliphatic heterocycles. The van der Waals surface area contributed by atoms with Gasteiger partial charge in [-0.25, -0.2) is 9.82 Å². The van der Waals surface area contributed by atoms with Crippen LogP contribution in [0.15, 0.2) is 53.6 Å². The average Bonchev–Trinajstić information content (AvgIpc) is 2.51. The molecule has 2 N–H and O–H groups in total. The Labute approximate surface area is 133 Å². The fourth-order valence-electron chi connectivity index (χ4n) is 1.70. The van der Waals surface area contributed by atoms with Gasteiger partial charge >= 0.3 is 0 Å². The second-order valence-corrected chi connectivity index (χ2v) is 5.07. The Morgan fingerprint density at radius 2 is 1.91 bits per heavy atom. The van der Waals surface area contributed by atoms with Crippen LogP contribution in [0.1, 0.15) is 12.5 Å². The van der Waals surface area contributed by atoms with E-state index in [9.17, 15) is 9.18 Å². The van der Waals surface area contributed by atoms with Crippen LogP contribution in [0.3, 0.4) is 0 Å². The maximum absolute atomic E-state index is 13.4. The molecule has 0 radical (unpaired) electrons. The Balaban J connectivity index is 1.89. The Bertz CT molecular complexity index is 673. The van der Waals surface area contributed by atoms with Gasteiger partial charge in [-0.1, -0.05) is 29.8 Å². The topological polar surface area (TPSA) is 53.5 Å². The monoisotopic (exact) mass is 319 g/mol. The number of anilines is 1. The molecule has 0 heterocycles. The van der Waals surface area contributed by atoms with Crippen molar-refractivity contribution in [2.75, 3.05) is 5.32 Å². The van der Waals surface area contributed by atoms with Gasteiger partial charge in [0, 0.05) is 16.3 Å². The molecule has 2 aromatic rings. The second kappa shape index (κ2) is 7.56. The molecular formula is C16H15ClFN3O. The number of hydrazone groups is 1. The van der Waals surface area contributed by atoms with Gasteiger partial charge in [0.05, 0.1) is 6.21 Å². The summed E-state index contributed by atoms with van der Waals surface area (Å²) in [7, 11) is 0. The van der Waals surface area contributed by atoms with Crippen LogP contribution in [0, 0.1) is 5.82 Å². The summed E-state index contributed by atoms with van der Waals surface area (Å²) in [4.78, 5) is 11.9. The normalized spacial score (nSPS) is 12.1. The first-order valence-corrected chi connectivity index (χ1v) is 7.03. The number of rotatable bonds is 5. The molecule has 0 saturated carbocycles.